The Hall–Kier alpha value is -4.39. The van der Waals surface area contributed by atoms with Crippen molar-refractivity contribution in [1.29, 1.82) is 0 Å². The Kier molecular flexibility index (Phi) is 3.72. The molecule has 0 fully saturated rings. The highest BCUT2D eigenvalue weighted by Gasteiger charge is 2.41. The topological polar surface area (TPSA) is 98.8 Å². The molecule has 2 heterocycles. The summed E-state index contributed by atoms with van der Waals surface area (Å²) in [6, 6.07) is 17.4. The Morgan fingerprint density at radius 2 is 1.57 bits per heavy atom. The van der Waals surface area contributed by atoms with Crippen molar-refractivity contribution < 1.29 is 19.3 Å². The van der Waals surface area contributed by atoms with Crippen LogP contribution in [0.3, 0.4) is 0 Å². The van der Waals surface area contributed by atoms with Crippen LogP contribution in [0.1, 0.15) is 47.9 Å². The third-order valence-corrected chi connectivity index (χ3v) is 5.26. The van der Waals surface area contributed by atoms with Gasteiger partial charge in [0.2, 0.25) is 11.6 Å². The third-order valence-electron chi connectivity index (χ3n) is 5.26. The van der Waals surface area contributed by atoms with Crippen LogP contribution < -0.4 is 0 Å². The van der Waals surface area contributed by atoms with Gasteiger partial charge in [0.1, 0.15) is 11.3 Å². The SMILES string of the molecule is O=C1c2c(cccc2[N+](=O)[O-])C(=O)c2c1c(C(=O)c1ccccc1)c1ccccn21. The second-order valence-corrected chi connectivity index (χ2v) is 6.86. The fourth-order valence-corrected chi connectivity index (χ4v) is 3.99. The molecule has 0 spiro atoms. The molecule has 0 aliphatic heterocycles. The second-order valence-electron chi connectivity index (χ2n) is 6.86. The monoisotopic (exact) mass is 396 g/mol. The van der Waals surface area contributed by atoms with E-state index in [4.69, 9.17) is 0 Å². The number of pyridine rings is 1. The lowest BCUT2D eigenvalue weighted by Gasteiger charge is -2.15. The highest BCUT2D eigenvalue weighted by Crippen LogP contribution is 2.38. The van der Waals surface area contributed by atoms with E-state index in [2.05, 4.69) is 0 Å². The number of rotatable bonds is 3. The van der Waals surface area contributed by atoms with Crippen LogP contribution in [0.15, 0.2) is 72.9 Å². The minimum Gasteiger partial charge on any atom is -0.312 e. The van der Waals surface area contributed by atoms with Crippen molar-refractivity contribution in [3.63, 3.8) is 0 Å². The summed E-state index contributed by atoms with van der Waals surface area (Å²) in [5, 5.41) is 11.5. The molecule has 30 heavy (non-hydrogen) atoms. The van der Waals surface area contributed by atoms with Crippen LogP contribution in [0.5, 0.6) is 0 Å². The van der Waals surface area contributed by atoms with Crippen LogP contribution in [0.2, 0.25) is 0 Å². The third kappa shape index (κ3) is 2.29. The maximum absolute atomic E-state index is 13.5. The Labute approximate surface area is 169 Å². The molecule has 0 bridgehead atoms. The van der Waals surface area contributed by atoms with E-state index in [1.807, 2.05) is 0 Å². The molecular formula is C23H12N2O5. The van der Waals surface area contributed by atoms with Crippen molar-refractivity contribution in [1.82, 2.24) is 4.40 Å². The van der Waals surface area contributed by atoms with E-state index in [0.717, 1.165) is 0 Å². The summed E-state index contributed by atoms with van der Waals surface area (Å²) < 4.78 is 1.51. The molecule has 2 aromatic heterocycles. The van der Waals surface area contributed by atoms with Crippen LogP contribution in [-0.4, -0.2) is 26.7 Å². The minimum absolute atomic E-state index is 0.0383. The maximum Gasteiger partial charge on any atom is 0.281 e. The van der Waals surface area contributed by atoms with Gasteiger partial charge in [-0.05, 0) is 18.2 Å². The Morgan fingerprint density at radius 3 is 2.30 bits per heavy atom. The number of carbonyl (C=O) groups is 3. The fraction of sp³-hybridized carbons (Fsp3) is 0. The first-order valence-electron chi connectivity index (χ1n) is 9.10. The molecular weight excluding hydrogens is 384 g/mol. The van der Waals surface area contributed by atoms with Crippen LogP contribution >= 0.6 is 0 Å². The minimum atomic E-state index is -0.699. The molecule has 144 valence electrons. The molecule has 0 saturated carbocycles. The average molecular weight is 396 g/mol. The van der Waals surface area contributed by atoms with Crippen LogP contribution in [0, 0.1) is 10.1 Å². The smallest absolute Gasteiger partial charge is 0.281 e. The molecule has 0 N–H and O–H groups in total. The molecule has 1 aliphatic rings. The van der Waals surface area contributed by atoms with Crippen LogP contribution in [0.25, 0.3) is 5.52 Å². The van der Waals surface area contributed by atoms with Gasteiger partial charge in [0, 0.05) is 23.4 Å². The summed E-state index contributed by atoms with van der Waals surface area (Å²) in [5.74, 6) is -1.66. The number of nitrogens with zero attached hydrogens (tertiary/aromatic N) is 2. The first-order valence-corrected chi connectivity index (χ1v) is 9.10. The van der Waals surface area contributed by atoms with Gasteiger partial charge in [-0.15, -0.1) is 0 Å². The first-order chi connectivity index (χ1) is 14.5. The molecule has 4 aromatic rings. The fourth-order valence-electron chi connectivity index (χ4n) is 3.99. The Bertz CT molecular complexity index is 1420. The largest absolute Gasteiger partial charge is 0.312 e. The van der Waals surface area contributed by atoms with Gasteiger partial charge in [0.05, 0.1) is 21.6 Å². The number of fused-ring (bicyclic) bond motifs is 4. The van der Waals surface area contributed by atoms with Crippen molar-refractivity contribution >= 4 is 28.6 Å². The maximum atomic E-state index is 13.5. The molecule has 0 saturated heterocycles. The van der Waals surface area contributed by atoms with E-state index in [-0.39, 0.29) is 27.9 Å². The summed E-state index contributed by atoms with van der Waals surface area (Å²) in [6.45, 7) is 0. The summed E-state index contributed by atoms with van der Waals surface area (Å²) in [7, 11) is 0. The van der Waals surface area contributed by atoms with E-state index in [1.165, 1.54) is 22.6 Å². The predicted molar refractivity (Wildman–Crippen MR) is 107 cm³/mol. The zero-order valence-corrected chi connectivity index (χ0v) is 15.4. The lowest BCUT2D eigenvalue weighted by Crippen LogP contribution is -2.24. The Morgan fingerprint density at radius 1 is 0.833 bits per heavy atom. The molecule has 5 rings (SSSR count). The lowest BCUT2D eigenvalue weighted by atomic mass is 9.84. The quantitative estimate of drug-likeness (QED) is 0.262. The summed E-state index contributed by atoms with van der Waals surface area (Å²) in [6.07, 6.45) is 1.60. The van der Waals surface area contributed by atoms with E-state index in [9.17, 15) is 24.5 Å². The predicted octanol–water partition coefficient (Wildman–Crippen LogP) is 3.85. The van der Waals surface area contributed by atoms with Gasteiger partial charge in [-0.3, -0.25) is 24.5 Å². The molecule has 0 atom stereocenters. The first kappa shape index (κ1) is 17.7. The number of benzene rings is 2. The zero-order valence-electron chi connectivity index (χ0n) is 15.4. The van der Waals surface area contributed by atoms with E-state index < -0.39 is 28.0 Å². The summed E-state index contributed by atoms with van der Waals surface area (Å²) in [5.41, 5.74) is -0.00555. The van der Waals surface area contributed by atoms with Gasteiger partial charge >= 0.3 is 0 Å². The van der Waals surface area contributed by atoms with Gasteiger partial charge in [0.25, 0.3) is 5.69 Å². The average Bonchev–Trinajstić information content (AvgIpc) is 3.12. The molecule has 2 aromatic carbocycles. The highest BCUT2D eigenvalue weighted by atomic mass is 16.6. The van der Waals surface area contributed by atoms with Crippen molar-refractivity contribution in [2.75, 3.05) is 0 Å². The number of hydrogen-bond donors (Lipinski definition) is 0. The molecule has 0 amide bonds. The van der Waals surface area contributed by atoms with Gasteiger partial charge in [-0.1, -0.05) is 42.5 Å². The van der Waals surface area contributed by atoms with Gasteiger partial charge in [0.15, 0.2) is 5.78 Å². The van der Waals surface area contributed by atoms with Gasteiger partial charge in [-0.25, -0.2) is 0 Å². The number of carbonyl (C=O) groups excluding carboxylic acids is 3. The number of nitro groups is 1. The van der Waals surface area contributed by atoms with Crippen molar-refractivity contribution in [2.45, 2.75) is 0 Å². The molecule has 0 unspecified atom stereocenters. The molecule has 7 heteroatoms. The highest BCUT2D eigenvalue weighted by molar-refractivity contribution is 6.34. The Balaban J connectivity index is 1.88. The molecule has 1 aliphatic carbocycles. The van der Waals surface area contributed by atoms with Crippen LogP contribution in [-0.2, 0) is 0 Å². The lowest BCUT2D eigenvalue weighted by molar-refractivity contribution is -0.385. The number of aromatic nitrogens is 1. The molecule has 0 radical (unpaired) electrons. The van der Waals surface area contributed by atoms with Gasteiger partial charge in [-0.2, -0.15) is 0 Å². The normalized spacial score (nSPS) is 12.5. The second kappa shape index (κ2) is 6.31. The zero-order chi connectivity index (χ0) is 21.0. The van der Waals surface area contributed by atoms with Crippen molar-refractivity contribution in [2.24, 2.45) is 0 Å². The molecule has 7 nitrogen and oxygen atoms in total. The van der Waals surface area contributed by atoms with E-state index in [1.54, 1.807) is 54.7 Å². The van der Waals surface area contributed by atoms with Crippen LogP contribution in [0.4, 0.5) is 5.69 Å². The standard InChI is InChI=1S/C23H12N2O5/c26-21(13-7-2-1-3-8-13)18-15-10-4-5-12-24(15)20-19(18)23(28)17-14(22(20)27)9-6-11-16(17)25(29)30/h1-12H. The van der Waals surface area contributed by atoms with Crippen molar-refractivity contribution in [3.05, 3.63) is 117 Å². The van der Waals surface area contributed by atoms with E-state index in [0.29, 0.717) is 11.1 Å². The number of ketones is 3. The summed E-state index contributed by atoms with van der Waals surface area (Å²) in [4.78, 5) is 51.0. The van der Waals surface area contributed by atoms with Gasteiger partial charge < -0.3 is 4.40 Å². The van der Waals surface area contributed by atoms with E-state index >= 15 is 0 Å². The van der Waals surface area contributed by atoms with Crippen molar-refractivity contribution in [3.8, 4) is 0 Å². The number of nitro benzene ring substituents is 1. The summed E-state index contributed by atoms with van der Waals surface area (Å²) >= 11 is 0. The number of hydrogen-bond acceptors (Lipinski definition) is 5.